The molecular weight excluding hydrogens is 226 g/mol. The lowest BCUT2D eigenvalue weighted by Crippen LogP contribution is -2.33. The lowest BCUT2D eigenvalue weighted by Gasteiger charge is -2.26. The molecule has 0 bridgehead atoms. The summed E-state index contributed by atoms with van der Waals surface area (Å²) in [6, 6.07) is 8.31. The summed E-state index contributed by atoms with van der Waals surface area (Å²) in [5.74, 6) is 0. The lowest BCUT2D eigenvalue weighted by atomic mass is 10.2. The van der Waals surface area contributed by atoms with Gasteiger partial charge in [-0.3, -0.25) is 8.37 Å². The molecule has 16 heavy (non-hydrogen) atoms. The highest BCUT2D eigenvalue weighted by Gasteiger charge is 2.12. The minimum absolute atomic E-state index is 0.417. The van der Waals surface area contributed by atoms with E-state index in [1.54, 1.807) is 0 Å². The van der Waals surface area contributed by atoms with Crippen LogP contribution in [0.15, 0.2) is 24.3 Å². The molecule has 0 radical (unpaired) electrons. The van der Waals surface area contributed by atoms with E-state index in [4.69, 9.17) is 8.37 Å². The Morgan fingerprint density at radius 3 is 2.25 bits per heavy atom. The number of nitrogens with zero attached hydrogens (tertiary/aromatic N) is 1. The molecule has 1 aliphatic rings. The quantitative estimate of drug-likeness (QED) is 0.745. The van der Waals surface area contributed by atoms with E-state index in [2.05, 4.69) is 36.1 Å². The third kappa shape index (κ3) is 3.04. The summed E-state index contributed by atoms with van der Waals surface area (Å²) in [5.41, 5.74) is 2.38. The van der Waals surface area contributed by atoms with Gasteiger partial charge in [-0.1, -0.05) is 17.7 Å². The molecule has 0 amide bonds. The largest absolute Gasteiger partial charge is 0.367 e. The zero-order valence-electron chi connectivity index (χ0n) is 9.22. The average molecular weight is 241 g/mol. The fraction of sp³-hybridized carbons (Fsp3) is 0.455. The highest BCUT2D eigenvalue weighted by atomic mass is 32.2. The van der Waals surface area contributed by atoms with Crippen molar-refractivity contribution < 1.29 is 12.6 Å². The molecule has 0 atom stereocenters. The van der Waals surface area contributed by atoms with Gasteiger partial charge < -0.3 is 4.90 Å². The van der Waals surface area contributed by atoms with Crippen molar-refractivity contribution in [3.63, 3.8) is 0 Å². The molecule has 0 N–H and O–H groups in total. The van der Waals surface area contributed by atoms with Gasteiger partial charge in [-0.15, -0.1) is 0 Å². The van der Waals surface area contributed by atoms with Gasteiger partial charge in [0.15, 0.2) is 0 Å². The minimum Gasteiger partial charge on any atom is -0.367 e. The second-order valence-corrected chi connectivity index (χ2v) is 4.55. The second kappa shape index (κ2) is 5.43. The maximum absolute atomic E-state index is 11.0. The SMILES string of the molecule is Cc1ccc(N2CCOS(=O)OCC2)cc1. The summed E-state index contributed by atoms with van der Waals surface area (Å²) in [6.45, 7) is 4.36. The van der Waals surface area contributed by atoms with Crippen LogP contribution in [0.3, 0.4) is 0 Å². The number of aryl methyl sites for hydroxylation is 1. The molecule has 1 saturated heterocycles. The molecule has 1 aromatic rings. The first-order valence-electron chi connectivity index (χ1n) is 5.25. The van der Waals surface area contributed by atoms with E-state index < -0.39 is 11.4 Å². The Balaban J connectivity index is 2.03. The van der Waals surface area contributed by atoms with Gasteiger partial charge in [-0.05, 0) is 19.1 Å². The van der Waals surface area contributed by atoms with Gasteiger partial charge in [0, 0.05) is 18.8 Å². The maximum atomic E-state index is 11.0. The second-order valence-electron chi connectivity index (χ2n) is 3.67. The summed E-state index contributed by atoms with van der Waals surface area (Å²) in [7, 11) is 0. The average Bonchev–Trinajstić information content (AvgIpc) is 2.25. The van der Waals surface area contributed by atoms with Crippen molar-refractivity contribution in [2.24, 2.45) is 0 Å². The third-order valence-electron chi connectivity index (χ3n) is 2.48. The molecule has 2 rings (SSSR count). The zero-order valence-corrected chi connectivity index (χ0v) is 10.0. The van der Waals surface area contributed by atoms with Gasteiger partial charge in [0.25, 0.3) is 0 Å². The Kier molecular flexibility index (Phi) is 3.93. The first-order valence-corrected chi connectivity index (χ1v) is 6.25. The Hall–Kier alpha value is -0.910. The molecule has 1 fully saturated rings. The van der Waals surface area contributed by atoms with Crippen molar-refractivity contribution in [2.75, 3.05) is 31.2 Å². The van der Waals surface area contributed by atoms with E-state index in [1.807, 2.05) is 0 Å². The van der Waals surface area contributed by atoms with E-state index in [0.29, 0.717) is 13.2 Å². The van der Waals surface area contributed by atoms with Crippen molar-refractivity contribution in [1.29, 1.82) is 0 Å². The van der Waals surface area contributed by atoms with Crippen molar-refractivity contribution in [3.8, 4) is 0 Å². The van der Waals surface area contributed by atoms with Gasteiger partial charge >= 0.3 is 11.4 Å². The van der Waals surface area contributed by atoms with E-state index in [-0.39, 0.29) is 0 Å². The number of hydrogen-bond acceptors (Lipinski definition) is 4. The van der Waals surface area contributed by atoms with Crippen LogP contribution in [0.1, 0.15) is 5.56 Å². The molecule has 4 nitrogen and oxygen atoms in total. The van der Waals surface area contributed by atoms with Crippen LogP contribution in [0.2, 0.25) is 0 Å². The Bertz CT molecular complexity index is 354. The van der Waals surface area contributed by atoms with Gasteiger partial charge in [0.1, 0.15) is 0 Å². The highest BCUT2D eigenvalue weighted by Crippen LogP contribution is 2.15. The minimum atomic E-state index is -1.57. The van der Waals surface area contributed by atoms with Crippen LogP contribution in [0.4, 0.5) is 5.69 Å². The zero-order chi connectivity index (χ0) is 11.4. The predicted molar refractivity (Wildman–Crippen MR) is 63.4 cm³/mol. The lowest BCUT2D eigenvalue weighted by molar-refractivity contribution is 0.239. The van der Waals surface area contributed by atoms with Gasteiger partial charge in [-0.2, -0.15) is 4.21 Å². The molecule has 0 aromatic heterocycles. The Labute approximate surface area is 98.0 Å². The monoisotopic (exact) mass is 241 g/mol. The van der Waals surface area contributed by atoms with Crippen molar-refractivity contribution >= 4 is 17.0 Å². The van der Waals surface area contributed by atoms with Crippen LogP contribution in [0.25, 0.3) is 0 Å². The topological polar surface area (TPSA) is 38.8 Å². The van der Waals surface area contributed by atoms with Crippen LogP contribution in [0, 0.1) is 6.92 Å². The summed E-state index contributed by atoms with van der Waals surface area (Å²) in [6.07, 6.45) is 0. The molecule has 1 aliphatic heterocycles. The smallest absolute Gasteiger partial charge is 0.304 e. The van der Waals surface area contributed by atoms with Gasteiger partial charge in [0.2, 0.25) is 0 Å². The number of benzene rings is 1. The van der Waals surface area contributed by atoms with Gasteiger partial charge in [-0.25, -0.2) is 0 Å². The van der Waals surface area contributed by atoms with Crippen LogP contribution in [0.5, 0.6) is 0 Å². The number of rotatable bonds is 1. The normalized spacial score (nSPS) is 19.2. The van der Waals surface area contributed by atoms with Crippen LogP contribution >= 0.6 is 0 Å². The van der Waals surface area contributed by atoms with E-state index in [9.17, 15) is 4.21 Å². The predicted octanol–water partition coefficient (Wildman–Crippen LogP) is 1.43. The maximum Gasteiger partial charge on any atom is 0.304 e. The van der Waals surface area contributed by atoms with E-state index in [1.165, 1.54) is 5.56 Å². The Morgan fingerprint density at radius 1 is 1.12 bits per heavy atom. The fourth-order valence-electron chi connectivity index (χ4n) is 1.59. The van der Waals surface area contributed by atoms with Crippen molar-refractivity contribution in [2.45, 2.75) is 6.92 Å². The molecule has 1 heterocycles. The summed E-state index contributed by atoms with van der Waals surface area (Å²) in [5, 5.41) is 0. The summed E-state index contributed by atoms with van der Waals surface area (Å²) in [4.78, 5) is 2.16. The molecule has 5 heteroatoms. The first kappa shape index (κ1) is 11.6. The standard InChI is InChI=1S/C11H15NO3S/c1-10-2-4-11(5-3-10)12-6-8-14-16(13)15-9-7-12/h2-5H,6-9H2,1H3. The van der Waals surface area contributed by atoms with Crippen LogP contribution in [-0.2, 0) is 19.7 Å². The van der Waals surface area contributed by atoms with Gasteiger partial charge in [0.05, 0.1) is 13.2 Å². The van der Waals surface area contributed by atoms with Crippen LogP contribution < -0.4 is 4.90 Å². The third-order valence-corrected chi connectivity index (χ3v) is 3.20. The Morgan fingerprint density at radius 2 is 1.69 bits per heavy atom. The summed E-state index contributed by atoms with van der Waals surface area (Å²) < 4.78 is 20.9. The van der Waals surface area contributed by atoms with E-state index in [0.717, 1.165) is 18.8 Å². The van der Waals surface area contributed by atoms with E-state index >= 15 is 0 Å². The highest BCUT2D eigenvalue weighted by molar-refractivity contribution is 7.75. The summed E-state index contributed by atoms with van der Waals surface area (Å²) >= 11 is -1.57. The van der Waals surface area contributed by atoms with Crippen molar-refractivity contribution in [3.05, 3.63) is 29.8 Å². The molecule has 0 saturated carbocycles. The molecule has 1 aromatic carbocycles. The number of hydrogen-bond donors (Lipinski definition) is 0. The fourth-order valence-corrected chi connectivity index (χ4v) is 2.08. The van der Waals surface area contributed by atoms with Crippen LogP contribution in [-0.4, -0.2) is 30.5 Å². The molecule has 0 aliphatic carbocycles. The van der Waals surface area contributed by atoms with Crippen molar-refractivity contribution in [1.82, 2.24) is 0 Å². The molecule has 0 unspecified atom stereocenters. The molecular formula is C11H15NO3S. The molecule has 88 valence electrons. The first-order chi connectivity index (χ1) is 7.75. The molecule has 0 spiro atoms. The number of anilines is 1.